The normalized spacial score (nSPS) is 15.7. The number of ether oxygens (including phenoxy) is 2. The monoisotopic (exact) mass is 393 g/mol. The van der Waals surface area contributed by atoms with Gasteiger partial charge in [-0.3, -0.25) is 0 Å². The van der Waals surface area contributed by atoms with Crippen molar-refractivity contribution in [1.82, 2.24) is 9.88 Å². The summed E-state index contributed by atoms with van der Waals surface area (Å²) in [5, 5.41) is 0.956. The Bertz CT molecular complexity index is 822. The zero-order chi connectivity index (χ0) is 18.7. The van der Waals surface area contributed by atoms with E-state index >= 15 is 0 Å². The quantitative estimate of drug-likeness (QED) is 0.408. The number of rotatable bonds is 6. The second-order valence-corrected chi connectivity index (χ2v) is 7.12. The molecule has 7 heteroatoms. The fourth-order valence-corrected chi connectivity index (χ4v) is 3.07. The van der Waals surface area contributed by atoms with Crippen LogP contribution in [0.5, 0.6) is 5.88 Å². The number of hydrogen-bond donors (Lipinski definition) is 0. The van der Waals surface area contributed by atoms with Crippen LogP contribution >= 0.6 is 23.2 Å². The molecule has 3 rings (SSSR count). The van der Waals surface area contributed by atoms with Crippen molar-refractivity contribution < 1.29 is 9.47 Å². The molecule has 0 saturated carbocycles. The summed E-state index contributed by atoms with van der Waals surface area (Å²) in [5.41, 5.74) is 2.11. The average molecular weight is 394 g/mol. The lowest BCUT2D eigenvalue weighted by atomic mass is 9.88. The third-order valence-corrected chi connectivity index (χ3v) is 4.85. The van der Waals surface area contributed by atoms with E-state index in [1.807, 2.05) is 31.0 Å². The Morgan fingerprint density at radius 2 is 2.12 bits per heavy atom. The van der Waals surface area contributed by atoms with Crippen LogP contribution in [0.1, 0.15) is 18.1 Å². The Balaban J connectivity index is 1.91. The van der Waals surface area contributed by atoms with Gasteiger partial charge in [-0.1, -0.05) is 29.3 Å². The number of halogens is 2. The van der Waals surface area contributed by atoms with E-state index in [0.717, 1.165) is 23.4 Å². The highest BCUT2D eigenvalue weighted by molar-refractivity contribution is 6.33. The topological polar surface area (TPSA) is 47.0 Å². The van der Waals surface area contributed by atoms with E-state index in [9.17, 15) is 0 Å². The summed E-state index contributed by atoms with van der Waals surface area (Å²) in [6.45, 7) is 5.81. The molecule has 2 aromatic rings. The Morgan fingerprint density at radius 3 is 2.73 bits per heavy atom. The molecule has 26 heavy (non-hydrogen) atoms. The number of nitrogens with zero attached hydrogens (tertiary/aromatic N) is 3. The van der Waals surface area contributed by atoms with Gasteiger partial charge in [0, 0.05) is 25.2 Å². The largest absolute Gasteiger partial charge is 0.461 e. The predicted octanol–water partition coefficient (Wildman–Crippen LogP) is 4.61. The molecule has 0 amide bonds. The Hall–Kier alpha value is -1.82. The number of aryl methyl sites for hydroxylation is 1. The standard InChI is InChI=1S/C19H21Cl2N3O2/c1-4-24(3)12-22-16-8-13(2)14(9-15(16)20)19(10-25-11-19)26-18-7-5-6-17(21)23-18/h5-9,12H,4,10-11H2,1-3H3. The molecule has 0 bridgehead atoms. The number of pyridine rings is 1. The number of benzene rings is 1. The molecule has 138 valence electrons. The van der Waals surface area contributed by atoms with Crippen LogP contribution in [0.25, 0.3) is 0 Å². The van der Waals surface area contributed by atoms with E-state index in [0.29, 0.717) is 29.3 Å². The van der Waals surface area contributed by atoms with Crippen molar-refractivity contribution >= 4 is 35.2 Å². The first kappa shape index (κ1) is 19.0. The van der Waals surface area contributed by atoms with Gasteiger partial charge in [0.1, 0.15) is 5.15 Å². The van der Waals surface area contributed by atoms with Crippen LogP contribution in [0.3, 0.4) is 0 Å². The first-order chi connectivity index (χ1) is 12.4. The molecule has 2 heterocycles. The van der Waals surface area contributed by atoms with Crippen LogP contribution in [0.2, 0.25) is 10.2 Å². The minimum atomic E-state index is -0.617. The van der Waals surface area contributed by atoms with Crippen LogP contribution in [0.15, 0.2) is 35.3 Å². The number of aliphatic imine (C=N–C) groups is 1. The third kappa shape index (κ3) is 3.95. The SMILES string of the molecule is CCN(C)C=Nc1cc(C)c(C2(Oc3cccc(Cl)n3)COC2)cc1Cl. The van der Waals surface area contributed by atoms with Crippen molar-refractivity contribution in [2.24, 2.45) is 4.99 Å². The lowest BCUT2D eigenvalue weighted by molar-refractivity contribution is -0.169. The summed E-state index contributed by atoms with van der Waals surface area (Å²) in [7, 11) is 1.96. The van der Waals surface area contributed by atoms with Gasteiger partial charge in [-0.25, -0.2) is 9.98 Å². The Morgan fingerprint density at radius 1 is 1.35 bits per heavy atom. The highest BCUT2D eigenvalue weighted by Crippen LogP contribution is 2.40. The molecular weight excluding hydrogens is 373 g/mol. The van der Waals surface area contributed by atoms with Crippen molar-refractivity contribution in [3.8, 4) is 5.88 Å². The summed E-state index contributed by atoms with van der Waals surface area (Å²) < 4.78 is 11.6. The minimum Gasteiger partial charge on any atom is -0.461 e. The van der Waals surface area contributed by atoms with E-state index in [1.54, 1.807) is 24.5 Å². The van der Waals surface area contributed by atoms with Crippen LogP contribution in [-0.2, 0) is 10.3 Å². The predicted molar refractivity (Wildman–Crippen MR) is 105 cm³/mol. The van der Waals surface area contributed by atoms with E-state index in [-0.39, 0.29) is 0 Å². The molecule has 0 atom stereocenters. The summed E-state index contributed by atoms with van der Waals surface area (Å²) in [6, 6.07) is 9.16. The zero-order valence-corrected chi connectivity index (χ0v) is 16.5. The number of aromatic nitrogens is 1. The molecular formula is C19H21Cl2N3O2. The van der Waals surface area contributed by atoms with Crippen LogP contribution < -0.4 is 4.74 Å². The van der Waals surface area contributed by atoms with Gasteiger partial charge < -0.3 is 14.4 Å². The fraction of sp³-hybridized carbons (Fsp3) is 0.368. The molecule has 0 spiro atoms. The van der Waals surface area contributed by atoms with Gasteiger partial charge in [0.25, 0.3) is 0 Å². The maximum Gasteiger partial charge on any atom is 0.215 e. The maximum absolute atomic E-state index is 6.48. The molecule has 1 aromatic heterocycles. The Labute approximate surface area is 163 Å². The van der Waals surface area contributed by atoms with Crippen LogP contribution in [-0.4, -0.2) is 43.0 Å². The van der Waals surface area contributed by atoms with E-state index in [2.05, 4.69) is 16.9 Å². The van der Waals surface area contributed by atoms with Crippen LogP contribution in [0.4, 0.5) is 5.69 Å². The summed E-state index contributed by atoms with van der Waals surface area (Å²) in [5.74, 6) is 0.461. The minimum absolute atomic E-state index is 0.386. The molecule has 0 radical (unpaired) electrons. The zero-order valence-electron chi connectivity index (χ0n) is 15.0. The Kier molecular flexibility index (Phi) is 5.70. The highest BCUT2D eigenvalue weighted by Gasteiger charge is 2.44. The van der Waals surface area contributed by atoms with Crippen molar-refractivity contribution in [3.05, 3.63) is 51.6 Å². The molecule has 0 unspecified atom stereocenters. The van der Waals surface area contributed by atoms with E-state index < -0.39 is 5.60 Å². The maximum atomic E-state index is 6.48. The van der Waals surface area contributed by atoms with Crippen LogP contribution in [0, 0.1) is 6.92 Å². The molecule has 0 N–H and O–H groups in total. The summed E-state index contributed by atoms with van der Waals surface area (Å²) >= 11 is 12.4. The van der Waals surface area contributed by atoms with E-state index in [1.165, 1.54) is 0 Å². The van der Waals surface area contributed by atoms with Gasteiger partial charge in [0.2, 0.25) is 5.88 Å². The third-order valence-electron chi connectivity index (χ3n) is 4.34. The lowest BCUT2D eigenvalue weighted by Crippen LogP contribution is -2.52. The highest BCUT2D eigenvalue weighted by atomic mass is 35.5. The van der Waals surface area contributed by atoms with Crippen molar-refractivity contribution in [3.63, 3.8) is 0 Å². The second-order valence-electron chi connectivity index (χ2n) is 6.32. The molecule has 1 aromatic carbocycles. The summed E-state index contributed by atoms with van der Waals surface area (Å²) in [6.07, 6.45) is 1.77. The van der Waals surface area contributed by atoms with Gasteiger partial charge in [-0.05, 0) is 37.6 Å². The second kappa shape index (κ2) is 7.82. The van der Waals surface area contributed by atoms with Gasteiger partial charge in [0.15, 0.2) is 5.60 Å². The molecule has 1 fully saturated rings. The molecule has 0 aliphatic carbocycles. The molecule has 1 saturated heterocycles. The first-order valence-electron chi connectivity index (χ1n) is 8.38. The van der Waals surface area contributed by atoms with E-state index in [4.69, 9.17) is 32.7 Å². The van der Waals surface area contributed by atoms with Gasteiger partial charge in [-0.2, -0.15) is 0 Å². The lowest BCUT2D eigenvalue weighted by Gasteiger charge is -2.42. The van der Waals surface area contributed by atoms with Gasteiger partial charge in [-0.15, -0.1) is 0 Å². The molecule has 1 aliphatic heterocycles. The molecule has 5 nitrogen and oxygen atoms in total. The smallest absolute Gasteiger partial charge is 0.215 e. The molecule has 1 aliphatic rings. The van der Waals surface area contributed by atoms with Gasteiger partial charge in [0.05, 0.1) is 30.3 Å². The van der Waals surface area contributed by atoms with Crippen molar-refractivity contribution in [2.75, 3.05) is 26.8 Å². The van der Waals surface area contributed by atoms with Crippen molar-refractivity contribution in [2.45, 2.75) is 19.4 Å². The fourth-order valence-electron chi connectivity index (χ4n) is 2.70. The average Bonchev–Trinajstić information content (AvgIpc) is 2.58. The number of hydrogen-bond acceptors (Lipinski definition) is 4. The van der Waals surface area contributed by atoms with Crippen molar-refractivity contribution in [1.29, 1.82) is 0 Å². The first-order valence-corrected chi connectivity index (χ1v) is 9.13. The summed E-state index contributed by atoms with van der Waals surface area (Å²) in [4.78, 5) is 10.7. The van der Waals surface area contributed by atoms with Gasteiger partial charge >= 0.3 is 0 Å².